The third kappa shape index (κ3) is 3.26. The Morgan fingerprint density at radius 1 is 1.16 bits per heavy atom. The fraction of sp³-hybridized carbons (Fsp3) is 0.136. The lowest BCUT2D eigenvalue weighted by molar-refractivity contribution is -0.135. The van der Waals surface area contributed by atoms with E-state index in [-0.39, 0.29) is 28.8 Å². The maximum Gasteiger partial charge on any atom is 0.322 e. The van der Waals surface area contributed by atoms with Crippen LogP contribution >= 0.6 is 0 Å². The fourth-order valence-electron chi connectivity index (χ4n) is 3.62. The molecule has 0 fully saturated rings. The average Bonchev–Trinajstić information content (AvgIpc) is 2.80. The number of carbonyl (C=O) groups is 2. The van der Waals surface area contributed by atoms with Crippen LogP contribution in [0.2, 0.25) is 0 Å². The Bertz CT molecular complexity index is 1430. The topological polar surface area (TPSA) is 165 Å². The van der Waals surface area contributed by atoms with Gasteiger partial charge in [0, 0.05) is 5.39 Å². The van der Waals surface area contributed by atoms with Gasteiger partial charge < -0.3 is 20.3 Å². The first kappa shape index (κ1) is 20.4. The maximum atomic E-state index is 13.2. The van der Waals surface area contributed by atoms with E-state index in [0.29, 0.717) is 11.1 Å². The lowest BCUT2D eigenvalue weighted by Gasteiger charge is -2.29. The van der Waals surface area contributed by atoms with Crippen LogP contribution in [-0.2, 0) is 11.3 Å². The van der Waals surface area contributed by atoms with Crippen LogP contribution in [0.4, 0.5) is 0 Å². The predicted octanol–water partition coefficient (Wildman–Crippen LogP) is 1.40. The van der Waals surface area contributed by atoms with Crippen molar-refractivity contribution >= 4 is 22.8 Å². The van der Waals surface area contributed by atoms with Crippen molar-refractivity contribution in [3.63, 3.8) is 0 Å². The molecule has 0 aliphatic carbocycles. The second-order valence-corrected chi connectivity index (χ2v) is 7.01. The molecule has 0 saturated heterocycles. The number of nitrogens with one attached hydrogen (secondary N) is 1. The number of hydrogen-bond acceptors (Lipinski definition) is 7. The lowest BCUT2D eigenvalue weighted by atomic mass is 10.0. The summed E-state index contributed by atoms with van der Waals surface area (Å²) in [5.41, 5.74) is -0.0968. The van der Waals surface area contributed by atoms with Gasteiger partial charge in [-0.25, -0.2) is 0 Å². The number of hydrogen-bond donors (Lipinski definition) is 3. The molecule has 10 nitrogen and oxygen atoms in total. The smallest absolute Gasteiger partial charge is 0.322 e. The molecule has 158 valence electrons. The molecule has 10 heteroatoms. The third-order valence-electron chi connectivity index (χ3n) is 5.12. The highest BCUT2D eigenvalue weighted by Gasteiger charge is 2.31. The Kier molecular flexibility index (Phi) is 4.97. The number of aromatic hydroxyl groups is 1. The SMILES string of the molecule is N#Cc1ccc(C2Cn3c(=O)c(C(=O)NCC(=O)O)c(O)c4ccc(C#N)c(c43)O2)cc1. The zero-order valence-electron chi connectivity index (χ0n) is 16.3. The molecule has 3 N–H and O–H groups in total. The number of carbonyl (C=O) groups excluding carboxylic acids is 1. The number of amides is 1. The third-order valence-corrected chi connectivity index (χ3v) is 5.12. The minimum Gasteiger partial charge on any atom is -0.506 e. The van der Waals surface area contributed by atoms with Gasteiger partial charge in [0.2, 0.25) is 0 Å². The average molecular weight is 430 g/mol. The number of rotatable bonds is 4. The lowest BCUT2D eigenvalue weighted by Crippen LogP contribution is -2.38. The first-order valence-corrected chi connectivity index (χ1v) is 9.35. The zero-order chi connectivity index (χ0) is 23.0. The molecule has 32 heavy (non-hydrogen) atoms. The summed E-state index contributed by atoms with van der Waals surface area (Å²) in [6.07, 6.45) is -0.717. The molecule has 2 aromatic carbocycles. The summed E-state index contributed by atoms with van der Waals surface area (Å²) in [5.74, 6) is -2.89. The second-order valence-electron chi connectivity index (χ2n) is 7.01. The van der Waals surface area contributed by atoms with E-state index in [9.17, 15) is 24.8 Å². The summed E-state index contributed by atoms with van der Waals surface area (Å²) in [6, 6.07) is 13.3. The summed E-state index contributed by atoms with van der Waals surface area (Å²) in [6.45, 7) is -0.770. The minimum atomic E-state index is -1.31. The molecular weight excluding hydrogens is 416 g/mol. The summed E-state index contributed by atoms with van der Waals surface area (Å²) < 4.78 is 7.25. The monoisotopic (exact) mass is 430 g/mol. The number of nitrogens with zero attached hydrogens (tertiary/aromatic N) is 3. The summed E-state index contributed by atoms with van der Waals surface area (Å²) >= 11 is 0. The Morgan fingerprint density at radius 3 is 2.50 bits per heavy atom. The second kappa shape index (κ2) is 7.78. The number of ether oxygens (including phenoxy) is 1. The summed E-state index contributed by atoms with van der Waals surface area (Å²) in [5, 5.41) is 40.1. The van der Waals surface area contributed by atoms with Crippen LogP contribution in [-0.4, -0.2) is 33.2 Å². The summed E-state index contributed by atoms with van der Waals surface area (Å²) in [4.78, 5) is 36.5. The minimum absolute atomic E-state index is 0.0391. The Labute approximate surface area is 180 Å². The number of pyridine rings is 1. The van der Waals surface area contributed by atoms with E-state index in [0.717, 1.165) is 0 Å². The quantitative estimate of drug-likeness (QED) is 0.558. The standard InChI is InChI=1S/C22H14N4O6/c23-7-11-1-3-12(4-2-11)15-10-26-18-14(6-5-13(8-24)20(18)32-15)19(29)17(22(26)31)21(30)25-9-16(27)28/h1-6,15,29H,9-10H2,(H,25,30)(H,27,28). The largest absolute Gasteiger partial charge is 0.506 e. The van der Waals surface area contributed by atoms with Crippen molar-refractivity contribution in [3.8, 4) is 23.6 Å². The van der Waals surface area contributed by atoms with Gasteiger partial charge in [0.25, 0.3) is 11.5 Å². The van der Waals surface area contributed by atoms with Gasteiger partial charge in [-0.2, -0.15) is 10.5 Å². The van der Waals surface area contributed by atoms with Crippen LogP contribution < -0.4 is 15.6 Å². The van der Waals surface area contributed by atoms with Crippen LogP contribution in [0.5, 0.6) is 11.5 Å². The van der Waals surface area contributed by atoms with Gasteiger partial charge in [0.1, 0.15) is 30.0 Å². The molecule has 1 aromatic heterocycles. The Morgan fingerprint density at radius 2 is 1.88 bits per heavy atom. The van der Waals surface area contributed by atoms with Gasteiger partial charge >= 0.3 is 5.97 Å². The van der Waals surface area contributed by atoms with Crippen LogP contribution in [0.15, 0.2) is 41.2 Å². The van der Waals surface area contributed by atoms with Crippen molar-refractivity contribution in [3.05, 3.63) is 69.0 Å². The molecule has 1 amide bonds. The molecule has 1 atom stereocenters. The van der Waals surface area contributed by atoms with Gasteiger partial charge in [0.15, 0.2) is 5.75 Å². The number of benzene rings is 2. The Hall–Kier alpha value is -4.83. The molecule has 0 bridgehead atoms. The number of carboxylic acids is 1. The van der Waals surface area contributed by atoms with Crippen molar-refractivity contribution in [2.45, 2.75) is 12.6 Å². The van der Waals surface area contributed by atoms with Gasteiger partial charge in [-0.05, 0) is 29.8 Å². The number of carboxylic acid groups (broad SMARTS) is 1. The van der Waals surface area contributed by atoms with Gasteiger partial charge in [-0.15, -0.1) is 0 Å². The van der Waals surface area contributed by atoms with Crippen molar-refractivity contribution in [1.29, 1.82) is 10.5 Å². The van der Waals surface area contributed by atoms with Gasteiger partial charge in [-0.1, -0.05) is 12.1 Å². The van der Waals surface area contributed by atoms with Crippen molar-refractivity contribution < 1.29 is 24.5 Å². The Balaban J connectivity index is 1.91. The molecule has 2 heterocycles. The molecular formula is C22H14N4O6. The molecule has 3 aromatic rings. The molecule has 0 saturated carbocycles. The van der Waals surface area contributed by atoms with Crippen LogP contribution in [0.25, 0.3) is 10.9 Å². The van der Waals surface area contributed by atoms with E-state index in [1.54, 1.807) is 24.3 Å². The van der Waals surface area contributed by atoms with Gasteiger partial charge in [-0.3, -0.25) is 19.0 Å². The van der Waals surface area contributed by atoms with Crippen LogP contribution in [0.3, 0.4) is 0 Å². The van der Waals surface area contributed by atoms with Crippen molar-refractivity contribution in [1.82, 2.24) is 9.88 Å². The molecule has 1 aliphatic rings. The van der Waals surface area contributed by atoms with E-state index in [2.05, 4.69) is 5.32 Å². The van der Waals surface area contributed by atoms with E-state index >= 15 is 0 Å². The number of aliphatic carboxylic acids is 1. The van der Waals surface area contributed by atoms with Gasteiger partial charge in [0.05, 0.1) is 29.3 Å². The molecule has 0 spiro atoms. The first-order valence-electron chi connectivity index (χ1n) is 9.35. The van der Waals surface area contributed by atoms with E-state index in [4.69, 9.17) is 15.1 Å². The highest BCUT2D eigenvalue weighted by Crippen LogP contribution is 2.40. The van der Waals surface area contributed by atoms with E-state index < -0.39 is 41.4 Å². The number of nitriles is 2. The van der Waals surface area contributed by atoms with E-state index in [1.165, 1.54) is 16.7 Å². The van der Waals surface area contributed by atoms with Crippen LogP contribution in [0, 0.1) is 22.7 Å². The normalized spacial score (nSPS) is 14.1. The van der Waals surface area contributed by atoms with Crippen molar-refractivity contribution in [2.24, 2.45) is 0 Å². The molecule has 4 rings (SSSR count). The maximum absolute atomic E-state index is 13.2. The number of aromatic nitrogens is 1. The van der Waals surface area contributed by atoms with Crippen LogP contribution in [0.1, 0.15) is 33.2 Å². The summed E-state index contributed by atoms with van der Waals surface area (Å²) in [7, 11) is 0. The molecule has 1 aliphatic heterocycles. The highest BCUT2D eigenvalue weighted by atomic mass is 16.5. The predicted molar refractivity (Wildman–Crippen MR) is 109 cm³/mol. The molecule has 1 unspecified atom stereocenters. The van der Waals surface area contributed by atoms with Crippen molar-refractivity contribution in [2.75, 3.05) is 6.54 Å². The zero-order valence-corrected chi connectivity index (χ0v) is 16.3. The fourth-order valence-corrected chi connectivity index (χ4v) is 3.62. The van der Waals surface area contributed by atoms with E-state index in [1.807, 2.05) is 12.1 Å². The first-order chi connectivity index (χ1) is 15.3. The highest BCUT2D eigenvalue weighted by molar-refractivity contribution is 6.04. The molecule has 0 radical (unpaired) electrons.